The number of nitrogens with one attached hydrogen (secondary N) is 1. The molecular weight excluding hydrogens is 282 g/mol. The van der Waals surface area contributed by atoms with Gasteiger partial charge in [0.05, 0.1) is 14.2 Å². The highest BCUT2D eigenvalue weighted by Crippen LogP contribution is 2.28. The minimum atomic E-state index is 0.437. The molecule has 2 aromatic rings. The summed E-state index contributed by atoms with van der Waals surface area (Å²) in [5, 5.41) is 5.70. The van der Waals surface area contributed by atoms with Crippen LogP contribution in [-0.4, -0.2) is 26.8 Å². The van der Waals surface area contributed by atoms with Crippen LogP contribution in [0.3, 0.4) is 0 Å². The monoisotopic (exact) mass is 305 g/mol. The normalized spacial score (nSPS) is 12.1. The number of likely N-dealkylation sites (N-methyl/N-ethyl adjacent to an activating group) is 1. The number of thiophene rings is 1. The maximum Gasteiger partial charge on any atom is 0.160 e. The predicted molar refractivity (Wildman–Crippen MR) is 88.7 cm³/mol. The second-order valence-electron chi connectivity index (χ2n) is 4.93. The van der Waals surface area contributed by atoms with Crippen molar-refractivity contribution in [3.63, 3.8) is 0 Å². The summed E-state index contributed by atoms with van der Waals surface area (Å²) in [6.45, 7) is 3.12. The zero-order chi connectivity index (χ0) is 15.1. The third-order valence-electron chi connectivity index (χ3n) is 3.45. The number of hydrogen-bond acceptors (Lipinski definition) is 4. The van der Waals surface area contributed by atoms with Crippen LogP contribution in [-0.2, 0) is 12.8 Å². The van der Waals surface area contributed by atoms with Crippen LogP contribution in [0.15, 0.2) is 35.7 Å². The van der Waals surface area contributed by atoms with Gasteiger partial charge in [-0.15, -0.1) is 11.3 Å². The summed E-state index contributed by atoms with van der Waals surface area (Å²) < 4.78 is 10.7. The first kappa shape index (κ1) is 15.9. The average Bonchev–Trinajstić information content (AvgIpc) is 3.00. The van der Waals surface area contributed by atoms with Crippen LogP contribution in [0.1, 0.15) is 17.4 Å². The number of methoxy groups -OCH3 is 2. The van der Waals surface area contributed by atoms with Gasteiger partial charge in [0.15, 0.2) is 11.5 Å². The molecule has 1 aromatic heterocycles. The summed E-state index contributed by atoms with van der Waals surface area (Å²) >= 11 is 1.82. The molecule has 0 bridgehead atoms. The largest absolute Gasteiger partial charge is 0.493 e. The highest BCUT2D eigenvalue weighted by molar-refractivity contribution is 7.09. The molecule has 1 atom stereocenters. The molecule has 0 aliphatic carbocycles. The molecular formula is C17H23NO2S. The van der Waals surface area contributed by atoms with E-state index in [0.717, 1.165) is 30.9 Å². The Hall–Kier alpha value is -1.52. The first-order valence-electron chi connectivity index (χ1n) is 7.23. The molecule has 0 aliphatic rings. The SMILES string of the molecule is CCNC(Cc1ccc(OC)c(OC)c1)Cc1cccs1. The molecule has 0 fully saturated rings. The van der Waals surface area contributed by atoms with Gasteiger partial charge in [0.25, 0.3) is 0 Å². The number of ether oxygens (including phenoxy) is 2. The molecule has 3 nitrogen and oxygen atoms in total. The van der Waals surface area contributed by atoms with Gasteiger partial charge in [0.1, 0.15) is 0 Å². The Morgan fingerprint density at radius 3 is 2.52 bits per heavy atom. The second-order valence-corrected chi connectivity index (χ2v) is 5.96. The molecule has 2 rings (SSSR count). The summed E-state index contributed by atoms with van der Waals surface area (Å²) in [5.74, 6) is 1.57. The van der Waals surface area contributed by atoms with Crippen molar-refractivity contribution in [2.24, 2.45) is 0 Å². The van der Waals surface area contributed by atoms with Crippen molar-refractivity contribution in [3.8, 4) is 11.5 Å². The van der Waals surface area contributed by atoms with E-state index in [1.54, 1.807) is 14.2 Å². The summed E-state index contributed by atoms with van der Waals surface area (Å²) in [4.78, 5) is 1.42. The van der Waals surface area contributed by atoms with Crippen LogP contribution in [0.4, 0.5) is 0 Å². The highest BCUT2D eigenvalue weighted by Gasteiger charge is 2.12. The Morgan fingerprint density at radius 2 is 1.90 bits per heavy atom. The van der Waals surface area contributed by atoms with Crippen LogP contribution < -0.4 is 14.8 Å². The van der Waals surface area contributed by atoms with E-state index in [4.69, 9.17) is 9.47 Å². The van der Waals surface area contributed by atoms with E-state index in [-0.39, 0.29) is 0 Å². The van der Waals surface area contributed by atoms with Crippen LogP contribution in [0.2, 0.25) is 0 Å². The fourth-order valence-electron chi connectivity index (χ4n) is 2.47. The van der Waals surface area contributed by atoms with E-state index in [0.29, 0.717) is 6.04 Å². The smallest absolute Gasteiger partial charge is 0.160 e. The summed E-state index contributed by atoms with van der Waals surface area (Å²) in [6, 6.07) is 10.9. The molecule has 0 amide bonds. The van der Waals surface area contributed by atoms with Crippen LogP contribution in [0.25, 0.3) is 0 Å². The van der Waals surface area contributed by atoms with Gasteiger partial charge in [-0.2, -0.15) is 0 Å². The molecule has 1 N–H and O–H groups in total. The van der Waals surface area contributed by atoms with E-state index in [9.17, 15) is 0 Å². The van der Waals surface area contributed by atoms with Gasteiger partial charge >= 0.3 is 0 Å². The van der Waals surface area contributed by atoms with Crippen molar-refractivity contribution in [3.05, 3.63) is 46.2 Å². The van der Waals surface area contributed by atoms with E-state index in [1.165, 1.54) is 10.4 Å². The molecule has 0 spiro atoms. The van der Waals surface area contributed by atoms with Crippen molar-refractivity contribution in [2.75, 3.05) is 20.8 Å². The molecule has 1 aromatic carbocycles. The first-order chi connectivity index (χ1) is 10.3. The molecule has 0 aliphatic heterocycles. The Kier molecular flexibility index (Phi) is 6.08. The van der Waals surface area contributed by atoms with Gasteiger partial charge in [0, 0.05) is 10.9 Å². The quantitative estimate of drug-likeness (QED) is 0.809. The summed E-state index contributed by atoms with van der Waals surface area (Å²) in [7, 11) is 3.34. The maximum absolute atomic E-state index is 5.38. The van der Waals surface area contributed by atoms with E-state index < -0.39 is 0 Å². The van der Waals surface area contributed by atoms with Crippen LogP contribution >= 0.6 is 11.3 Å². The van der Waals surface area contributed by atoms with Crippen LogP contribution in [0.5, 0.6) is 11.5 Å². The first-order valence-corrected chi connectivity index (χ1v) is 8.11. The van der Waals surface area contributed by atoms with Gasteiger partial charge in [-0.25, -0.2) is 0 Å². The van der Waals surface area contributed by atoms with E-state index >= 15 is 0 Å². The van der Waals surface area contributed by atoms with Gasteiger partial charge in [-0.1, -0.05) is 19.1 Å². The van der Waals surface area contributed by atoms with Crippen molar-refractivity contribution in [1.29, 1.82) is 0 Å². The number of hydrogen-bond donors (Lipinski definition) is 1. The predicted octanol–water partition coefficient (Wildman–Crippen LogP) is 3.53. The van der Waals surface area contributed by atoms with Gasteiger partial charge in [-0.3, -0.25) is 0 Å². The third kappa shape index (κ3) is 4.48. The van der Waals surface area contributed by atoms with Crippen LogP contribution in [0, 0.1) is 0 Å². The zero-order valence-electron chi connectivity index (χ0n) is 12.9. The molecule has 0 radical (unpaired) electrons. The molecule has 114 valence electrons. The Balaban J connectivity index is 2.09. The van der Waals surface area contributed by atoms with Gasteiger partial charge in [-0.05, 0) is 48.5 Å². The van der Waals surface area contributed by atoms with Crippen molar-refractivity contribution in [2.45, 2.75) is 25.8 Å². The third-order valence-corrected chi connectivity index (χ3v) is 4.35. The second kappa shape index (κ2) is 8.05. The standard InChI is InChI=1S/C17H23NO2S/c1-4-18-14(12-15-6-5-9-21-15)10-13-7-8-16(19-2)17(11-13)20-3/h5-9,11,14,18H,4,10,12H2,1-3H3. The number of benzene rings is 1. The topological polar surface area (TPSA) is 30.5 Å². The van der Waals surface area contributed by atoms with Crippen molar-refractivity contribution in [1.82, 2.24) is 5.32 Å². The fraction of sp³-hybridized carbons (Fsp3) is 0.412. The Labute approximate surface area is 130 Å². The summed E-state index contributed by atoms with van der Waals surface area (Å²) in [5.41, 5.74) is 1.26. The van der Waals surface area contributed by atoms with E-state index in [1.807, 2.05) is 17.4 Å². The Morgan fingerprint density at radius 1 is 1.10 bits per heavy atom. The van der Waals surface area contributed by atoms with Crippen molar-refractivity contribution < 1.29 is 9.47 Å². The molecule has 4 heteroatoms. The molecule has 0 saturated carbocycles. The van der Waals surface area contributed by atoms with Gasteiger partial charge < -0.3 is 14.8 Å². The summed E-state index contributed by atoms with van der Waals surface area (Å²) in [6.07, 6.45) is 2.03. The molecule has 21 heavy (non-hydrogen) atoms. The number of rotatable bonds is 8. The minimum absolute atomic E-state index is 0.437. The zero-order valence-corrected chi connectivity index (χ0v) is 13.7. The molecule has 1 heterocycles. The lowest BCUT2D eigenvalue weighted by Crippen LogP contribution is -2.32. The lowest BCUT2D eigenvalue weighted by atomic mass is 10.0. The maximum atomic E-state index is 5.38. The average molecular weight is 305 g/mol. The molecule has 0 saturated heterocycles. The lowest BCUT2D eigenvalue weighted by Gasteiger charge is -2.18. The van der Waals surface area contributed by atoms with E-state index in [2.05, 4.69) is 41.9 Å². The Bertz CT molecular complexity index is 540. The molecule has 1 unspecified atom stereocenters. The van der Waals surface area contributed by atoms with Crippen molar-refractivity contribution >= 4 is 11.3 Å². The van der Waals surface area contributed by atoms with Gasteiger partial charge in [0.2, 0.25) is 0 Å². The minimum Gasteiger partial charge on any atom is -0.493 e. The fourth-order valence-corrected chi connectivity index (χ4v) is 3.26. The lowest BCUT2D eigenvalue weighted by molar-refractivity contribution is 0.354. The highest BCUT2D eigenvalue weighted by atomic mass is 32.1.